The van der Waals surface area contributed by atoms with Gasteiger partial charge in [-0.3, -0.25) is 0 Å². The number of hydrogen-bond acceptors (Lipinski definition) is 3. The van der Waals surface area contributed by atoms with Crippen molar-refractivity contribution in [1.29, 1.82) is 0 Å². The van der Waals surface area contributed by atoms with Crippen LogP contribution in [0.4, 0.5) is 4.79 Å². The lowest BCUT2D eigenvalue weighted by atomic mass is 10.2. The monoisotopic (exact) mass is 260 g/mol. The number of carboxylic acid groups (broad SMARTS) is 1. The van der Waals surface area contributed by atoms with Gasteiger partial charge in [-0.15, -0.1) is 0 Å². The average Bonchev–Trinajstić information content (AvgIpc) is 2.93. The normalized spacial score (nSPS) is 10.4. The van der Waals surface area contributed by atoms with E-state index in [2.05, 4.69) is 10.1 Å². The molecule has 1 N–H and O–H groups in total. The molecular formula is C13H16N4O2. The summed E-state index contributed by atoms with van der Waals surface area (Å²) in [5.74, 6) is 0. The highest BCUT2D eigenvalue weighted by molar-refractivity contribution is 5.65. The van der Waals surface area contributed by atoms with Gasteiger partial charge in [-0.05, 0) is 24.1 Å². The Bertz CT molecular complexity index is 522. The van der Waals surface area contributed by atoms with E-state index < -0.39 is 6.09 Å². The number of benzene rings is 1. The molecule has 0 radical (unpaired) electrons. The van der Waals surface area contributed by atoms with Crippen molar-refractivity contribution >= 4 is 6.09 Å². The Kier molecular flexibility index (Phi) is 4.12. The van der Waals surface area contributed by atoms with E-state index >= 15 is 0 Å². The fourth-order valence-corrected chi connectivity index (χ4v) is 1.83. The van der Waals surface area contributed by atoms with Gasteiger partial charge in [0.2, 0.25) is 0 Å². The van der Waals surface area contributed by atoms with Gasteiger partial charge < -0.3 is 10.0 Å². The van der Waals surface area contributed by atoms with Crippen LogP contribution < -0.4 is 0 Å². The minimum absolute atomic E-state index is 0.404. The van der Waals surface area contributed by atoms with Crippen LogP contribution in [0.5, 0.6) is 0 Å². The van der Waals surface area contributed by atoms with Crippen molar-refractivity contribution in [2.24, 2.45) is 0 Å². The molecule has 0 atom stereocenters. The summed E-state index contributed by atoms with van der Waals surface area (Å²) in [7, 11) is 0. The molecule has 1 heterocycles. The van der Waals surface area contributed by atoms with Crippen LogP contribution in [0.25, 0.3) is 5.69 Å². The van der Waals surface area contributed by atoms with E-state index in [0.29, 0.717) is 13.1 Å². The number of aromatic nitrogens is 3. The van der Waals surface area contributed by atoms with E-state index in [1.807, 2.05) is 31.2 Å². The van der Waals surface area contributed by atoms with Gasteiger partial charge in [-0.2, -0.15) is 5.10 Å². The largest absolute Gasteiger partial charge is 0.465 e. The topological polar surface area (TPSA) is 71.2 Å². The van der Waals surface area contributed by atoms with Crippen molar-refractivity contribution in [3.63, 3.8) is 0 Å². The van der Waals surface area contributed by atoms with Gasteiger partial charge in [0.25, 0.3) is 0 Å². The zero-order valence-corrected chi connectivity index (χ0v) is 10.7. The molecule has 100 valence electrons. The minimum Gasteiger partial charge on any atom is -0.465 e. The first kappa shape index (κ1) is 13.1. The van der Waals surface area contributed by atoms with E-state index in [9.17, 15) is 4.79 Å². The van der Waals surface area contributed by atoms with Crippen molar-refractivity contribution in [2.75, 3.05) is 6.54 Å². The Morgan fingerprint density at radius 2 is 2.11 bits per heavy atom. The molecule has 0 bridgehead atoms. The molecule has 0 spiro atoms. The van der Waals surface area contributed by atoms with E-state index in [0.717, 1.165) is 17.7 Å². The summed E-state index contributed by atoms with van der Waals surface area (Å²) in [5.41, 5.74) is 1.86. The second-order valence-electron chi connectivity index (χ2n) is 4.21. The molecule has 6 heteroatoms. The Labute approximate surface area is 111 Å². The van der Waals surface area contributed by atoms with Crippen LogP contribution in [-0.2, 0) is 6.54 Å². The highest BCUT2D eigenvalue weighted by Gasteiger charge is 2.10. The number of carbonyl (C=O) groups is 1. The van der Waals surface area contributed by atoms with Gasteiger partial charge in [0.1, 0.15) is 12.7 Å². The standard InChI is InChI=1S/C13H16N4O2/c1-2-7-16(13(18)19)8-11-3-5-12(6-4-11)17-10-14-9-15-17/h3-6,9-10H,2,7-8H2,1H3,(H,18,19). The molecule has 0 fully saturated rings. The van der Waals surface area contributed by atoms with Crippen molar-refractivity contribution in [3.05, 3.63) is 42.5 Å². The van der Waals surface area contributed by atoms with E-state index in [-0.39, 0.29) is 0 Å². The van der Waals surface area contributed by atoms with Gasteiger partial charge in [0, 0.05) is 13.1 Å². The predicted octanol–water partition coefficient (Wildman–Crippen LogP) is 2.16. The minimum atomic E-state index is -0.887. The first-order valence-electron chi connectivity index (χ1n) is 6.12. The van der Waals surface area contributed by atoms with Gasteiger partial charge in [-0.25, -0.2) is 14.5 Å². The summed E-state index contributed by atoms with van der Waals surface area (Å²) in [6.07, 6.45) is 3.02. The van der Waals surface area contributed by atoms with E-state index in [4.69, 9.17) is 5.11 Å². The molecule has 0 saturated carbocycles. The predicted molar refractivity (Wildman–Crippen MR) is 70.1 cm³/mol. The molecule has 1 aromatic carbocycles. The maximum absolute atomic E-state index is 11.1. The van der Waals surface area contributed by atoms with Crippen LogP contribution in [0.2, 0.25) is 0 Å². The number of rotatable bonds is 5. The summed E-state index contributed by atoms with van der Waals surface area (Å²) in [5, 5.41) is 13.1. The third-order valence-electron chi connectivity index (χ3n) is 2.76. The Morgan fingerprint density at radius 3 is 2.63 bits per heavy atom. The van der Waals surface area contributed by atoms with Crippen molar-refractivity contribution in [3.8, 4) is 5.69 Å². The third kappa shape index (κ3) is 3.31. The maximum atomic E-state index is 11.1. The molecule has 6 nitrogen and oxygen atoms in total. The second-order valence-corrected chi connectivity index (χ2v) is 4.21. The van der Waals surface area contributed by atoms with E-state index in [1.54, 1.807) is 11.0 Å². The van der Waals surface area contributed by atoms with Gasteiger partial charge in [0.15, 0.2) is 0 Å². The van der Waals surface area contributed by atoms with Gasteiger partial charge >= 0.3 is 6.09 Å². The number of hydrogen-bond donors (Lipinski definition) is 1. The zero-order valence-electron chi connectivity index (χ0n) is 10.7. The summed E-state index contributed by atoms with van der Waals surface area (Å²) >= 11 is 0. The molecule has 0 aliphatic rings. The van der Waals surface area contributed by atoms with Crippen LogP contribution in [0.15, 0.2) is 36.9 Å². The number of amides is 1. The lowest BCUT2D eigenvalue weighted by Gasteiger charge is -2.18. The van der Waals surface area contributed by atoms with Crippen LogP contribution >= 0.6 is 0 Å². The number of nitrogens with zero attached hydrogens (tertiary/aromatic N) is 4. The van der Waals surface area contributed by atoms with Crippen LogP contribution in [0.3, 0.4) is 0 Å². The molecule has 0 saturated heterocycles. The molecule has 19 heavy (non-hydrogen) atoms. The summed E-state index contributed by atoms with van der Waals surface area (Å²) < 4.78 is 1.66. The average molecular weight is 260 g/mol. The Balaban J connectivity index is 2.08. The lowest BCUT2D eigenvalue weighted by Crippen LogP contribution is -2.29. The summed E-state index contributed by atoms with van der Waals surface area (Å²) in [6, 6.07) is 7.61. The Hall–Kier alpha value is -2.37. The highest BCUT2D eigenvalue weighted by Crippen LogP contribution is 2.10. The molecule has 0 unspecified atom stereocenters. The molecule has 1 aromatic heterocycles. The highest BCUT2D eigenvalue weighted by atomic mass is 16.4. The second kappa shape index (κ2) is 5.99. The molecule has 0 aliphatic carbocycles. The van der Waals surface area contributed by atoms with Gasteiger partial charge in [-0.1, -0.05) is 19.1 Å². The van der Waals surface area contributed by atoms with Crippen molar-refractivity contribution in [2.45, 2.75) is 19.9 Å². The molecular weight excluding hydrogens is 244 g/mol. The summed E-state index contributed by atoms with van der Waals surface area (Å²) in [6.45, 7) is 2.91. The quantitative estimate of drug-likeness (QED) is 0.894. The van der Waals surface area contributed by atoms with Crippen molar-refractivity contribution in [1.82, 2.24) is 19.7 Å². The first-order valence-corrected chi connectivity index (χ1v) is 6.12. The molecule has 1 amide bonds. The molecule has 0 aliphatic heterocycles. The molecule has 2 rings (SSSR count). The summed E-state index contributed by atoms with van der Waals surface area (Å²) in [4.78, 5) is 16.3. The first-order chi connectivity index (χ1) is 9.20. The van der Waals surface area contributed by atoms with Crippen LogP contribution in [0, 0.1) is 0 Å². The third-order valence-corrected chi connectivity index (χ3v) is 2.76. The molecule has 2 aromatic rings. The fourth-order valence-electron chi connectivity index (χ4n) is 1.83. The Morgan fingerprint density at radius 1 is 1.37 bits per heavy atom. The van der Waals surface area contributed by atoms with Crippen LogP contribution in [-0.4, -0.2) is 37.4 Å². The van der Waals surface area contributed by atoms with E-state index in [1.165, 1.54) is 11.2 Å². The van der Waals surface area contributed by atoms with Gasteiger partial charge in [0.05, 0.1) is 5.69 Å². The lowest BCUT2D eigenvalue weighted by molar-refractivity contribution is 0.142. The maximum Gasteiger partial charge on any atom is 0.407 e. The SMILES string of the molecule is CCCN(Cc1ccc(-n2cncn2)cc1)C(=O)O. The zero-order chi connectivity index (χ0) is 13.7. The van der Waals surface area contributed by atoms with Crippen LogP contribution in [0.1, 0.15) is 18.9 Å². The smallest absolute Gasteiger partial charge is 0.407 e. The fraction of sp³-hybridized carbons (Fsp3) is 0.308. The van der Waals surface area contributed by atoms with Crippen molar-refractivity contribution < 1.29 is 9.90 Å².